The van der Waals surface area contributed by atoms with E-state index in [4.69, 9.17) is 0 Å². The number of hydrogen-bond acceptors (Lipinski definition) is 3. The molecule has 1 fully saturated rings. The first-order valence-corrected chi connectivity index (χ1v) is 8.61. The summed E-state index contributed by atoms with van der Waals surface area (Å²) in [6, 6.07) is 14.9. The zero-order valence-corrected chi connectivity index (χ0v) is 14.6. The number of halogens is 1. The molecule has 0 atom stereocenters. The highest BCUT2D eigenvalue weighted by atomic mass is 79.9. The molecule has 2 amide bonds. The van der Waals surface area contributed by atoms with Crippen LogP contribution in [0.25, 0.3) is 0 Å². The monoisotopic (exact) mass is 387 g/mol. The highest BCUT2D eigenvalue weighted by Crippen LogP contribution is 2.22. The first-order valence-electron chi connectivity index (χ1n) is 7.81. The molecular formula is C18H18BrN3O2. The van der Waals surface area contributed by atoms with E-state index in [-0.39, 0.29) is 24.4 Å². The molecule has 0 saturated heterocycles. The summed E-state index contributed by atoms with van der Waals surface area (Å²) in [6.45, 7) is 0.112. The number of anilines is 2. The van der Waals surface area contributed by atoms with Gasteiger partial charge in [0.1, 0.15) is 0 Å². The van der Waals surface area contributed by atoms with Gasteiger partial charge in [-0.1, -0.05) is 24.3 Å². The lowest BCUT2D eigenvalue weighted by molar-refractivity contribution is -0.114. The zero-order chi connectivity index (χ0) is 16.9. The van der Waals surface area contributed by atoms with Crippen molar-refractivity contribution in [1.82, 2.24) is 5.32 Å². The summed E-state index contributed by atoms with van der Waals surface area (Å²) in [5.41, 5.74) is 1.85. The number of hydrogen-bond donors (Lipinski definition) is 3. The number of carbonyl (C=O) groups excluding carboxylic acids is 2. The Morgan fingerprint density at radius 1 is 1.00 bits per heavy atom. The molecule has 124 valence electrons. The molecule has 24 heavy (non-hydrogen) atoms. The third-order valence-corrected chi connectivity index (χ3v) is 4.36. The lowest BCUT2D eigenvalue weighted by Gasteiger charge is -2.12. The van der Waals surface area contributed by atoms with Gasteiger partial charge in [-0.15, -0.1) is 0 Å². The van der Waals surface area contributed by atoms with E-state index in [9.17, 15) is 9.59 Å². The molecular weight excluding hydrogens is 370 g/mol. The molecule has 3 rings (SSSR count). The Hall–Kier alpha value is -2.34. The predicted molar refractivity (Wildman–Crippen MR) is 98.2 cm³/mol. The van der Waals surface area contributed by atoms with Crippen molar-refractivity contribution in [3.63, 3.8) is 0 Å². The van der Waals surface area contributed by atoms with Gasteiger partial charge in [-0.3, -0.25) is 9.59 Å². The molecule has 5 nitrogen and oxygen atoms in total. The number of para-hydroxylation sites is 2. The molecule has 0 aromatic heterocycles. The Balaban J connectivity index is 1.61. The number of amides is 2. The Bertz CT molecular complexity index is 759. The van der Waals surface area contributed by atoms with E-state index in [2.05, 4.69) is 31.9 Å². The largest absolute Gasteiger partial charge is 0.375 e. The fourth-order valence-electron chi connectivity index (χ4n) is 2.26. The second-order valence-corrected chi connectivity index (χ2v) is 6.53. The quantitative estimate of drug-likeness (QED) is 0.711. The number of rotatable bonds is 6. The summed E-state index contributed by atoms with van der Waals surface area (Å²) >= 11 is 3.43. The Morgan fingerprint density at radius 3 is 2.38 bits per heavy atom. The van der Waals surface area contributed by atoms with Crippen molar-refractivity contribution < 1.29 is 9.59 Å². The average Bonchev–Trinajstić information content (AvgIpc) is 3.38. The van der Waals surface area contributed by atoms with Crippen LogP contribution in [0.5, 0.6) is 0 Å². The van der Waals surface area contributed by atoms with Crippen LogP contribution in [0.3, 0.4) is 0 Å². The summed E-state index contributed by atoms with van der Waals surface area (Å²) in [7, 11) is 0. The van der Waals surface area contributed by atoms with E-state index >= 15 is 0 Å². The SMILES string of the molecule is O=C(CNc1ccccc1Br)Nc1ccccc1C(=O)NC1CC1. The third-order valence-electron chi connectivity index (χ3n) is 3.67. The topological polar surface area (TPSA) is 70.2 Å². The fraction of sp³-hybridized carbons (Fsp3) is 0.222. The molecule has 0 unspecified atom stereocenters. The van der Waals surface area contributed by atoms with Crippen molar-refractivity contribution in [1.29, 1.82) is 0 Å². The molecule has 0 aliphatic heterocycles. The molecule has 1 aliphatic rings. The molecule has 2 aromatic rings. The van der Waals surface area contributed by atoms with E-state index in [0.717, 1.165) is 23.0 Å². The third kappa shape index (κ3) is 4.35. The first-order chi connectivity index (χ1) is 11.6. The highest BCUT2D eigenvalue weighted by molar-refractivity contribution is 9.10. The van der Waals surface area contributed by atoms with E-state index in [1.54, 1.807) is 24.3 Å². The van der Waals surface area contributed by atoms with Crippen molar-refractivity contribution >= 4 is 39.1 Å². The van der Waals surface area contributed by atoms with Crippen molar-refractivity contribution in [2.45, 2.75) is 18.9 Å². The summed E-state index contributed by atoms with van der Waals surface area (Å²) in [6.07, 6.45) is 2.05. The number of benzene rings is 2. The maximum atomic E-state index is 12.2. The number of nitrogens with one attached hydrogen (secondary N) is 3. The Labute approximate surface area is 149 Å². The van der Waals surface area contributed by atoms with Gasteiger partial charge in [0, 0.05) is 16.2 Å². The molecule has 6 heteroatoms. The summed E-state index contributed by atoms with van der Waals surface area (Å²) in [4.78, 5) is 24.4. The van der Waals surface area contributed by atoms with Crippen LogP contribution in [0.2, 0.25) is 0 Å². The minimum Gasteiger partial charge on any atom is -0.375 e. The second-order valence-electron chi connectivity index (χ2n) is 5.67. The van der Waals surface area contributed by atoms with E-state index in [1.165, 1.54) is 0 Å². The van der Waals surface area contributed by atoms with Crippen LogP contribution in [-0.4, -0.2) is 24.4 Å². The maximum Gasteiger partial charge on any atom is 0.253 e. The average molecular weight is 388 g/mol. The van der Waals surface area contributed by atoms with Crippen molar-refractivity contribution in [2.75, 3.05) is 17.2 Å². The first kappa shape index (κ1) is 16.5. The molecule has 1 saturated carbocycles. The fourth-order valence-corrected chi connectivity index (χ4v) is 2.68. The van der Waals surface area contributed by atoms with Gasteiger partial charge in [-0.2, -0.15) is 0 Å². The van der Waals surface area contributed by atoms with Crippen molar-refractivity contribution in [3.8, 4) is 0 Å². The Morgan fingerprint density at radius 2 is 1.67 bits per heavy atom. The van der Waals surface area contributed by atoms with Crippen LogP contribution in [0.1, 0.15) is 23.2 Å². The van der Waals surface area contributed by atoms with Crippen LogP contribution in [-0.2, 0) is 4.79 Å². The molecule has 0 bridgehead atoms. The van der Waals surface area contributed by atoms with Crippen LogP contribution < -0.4 is 16.0 Å². The van der Waals surface area contributed by atoms with E-state index in [1.807, 2.05) is 24.3 Å². The maximum absolute atomic E-state index is 12.2. The lowest BCUT2D eigenvalue weighted by Crippen LogP contribution is -2.28. The molecule has 0 heterocycles. The van der Waals surface area contributed by atoms with Crippen LogP contribution in [0.15, 0.2) is 53.0 Å². The van der Waals surface area contributed by atoms with Crippen LogP contribution in [0, 0.1) is 0 Å². The van der Waals surface area contributed by atoms with Gasteiger partial charge in [0.05, 0.1) is 17.8 Å². The number of carbonyl (C=O) groups is 2. The van der Waals surface area contributed by atoms with Crippen molar-refractivity contribution in [2.24, 2.45) is 0 Å². The standard InChI is InChI=1S/C18H18BrN3O2/c19-14-6-2-4-8-16(14)20-11-17(23)22-15-7-3-1-5-13(15)18(24)21-12-9-10-12/h1-8,12,20H,9-11H2,(H,21,24)(H,22,23). The van der Waals surface area contributed by atoms with Gasteiger partial charge in [-0.25, -0.2) is 0 Å². The van der Waals surface area contributed by atoms with Crippen LogP contribution >= 0.6 is 15.9 Å². The van der Waals surface area contributed by atoms with Gasteiger partial charge in [0.2, 0.25) is 5.91 Å². The minimum atomic E-state index is -0.211. The van der Waals surface area contributed by atoms with E-state index < -0.39 is 0 Å². The summed E-state index contributed by atoms with van der Waals surface area (Å²) in [5, 5.41) is 8.80. The van der Waals surface area contributed by atoms with Gasteiger partial charge >= 0.3 is 0 Å². The van der Waals surface area contributed by atoms with Crippen LogP contribution in [0.4, 0.5) is 11.4 Å². The molecule has 3 N–H and O–H groups in total. The van der Waals surface area contributed by atoms with Gasteiger partial charge in [0.15, 0.2) is 0 Å². The molecule has 2 aromatic carbocycles. The van der Waals surface area contributed by atoms with E-state index in [0.29, 0.717) is 11.3 Å². The Kier molecular flexibility index (Phi) is 5.15. The molecule has 0 spiro atoms. The smallest absolute Gasteiger partial charge is 0.253 e. The highest BCUT2D eigenvalue weighted by Gasteiger charge is 2.24. The molecule has 1 aliphatic carbocycles. The zero-order valence-electron chi connectivity index (χ0n) is 13.0. The summed E-state index contributed by atoms with van der Waals surface area (Å²) in [5.74, 6) is -0.357. The van der Waals surface area contributed by atoms with Gasteiger partial charge in [0.25, 0.3) is 5.91 Å². The minimum absolute atomic E-state index is 0.112. The van der Waals surface area contributed by atoms with Crippen molar-refractivity contribution in [3.05, 3.63) is 58.6 Å². The molecule has 0 radical (unpaired) electrons. The lowest BCUT2D eigenvalue weighted by atomic mass is 10.1. The second kappa shape index (κ2) is 7.49. The normalized spacial score (nSPS) is 13.2. The van der Waals surface area contributed by atoms with Gasteiger partial charge < -0.3 is 16.0 Å². The van der Waals surface area contributed by atoms with Gasteiger partial charge in [-0.05, 0) is 53.0 Å². The summed E-state index contributed by atoms with van der Waals surface area (Å²) < 4.78 is 0.891. The predicted octanol–water partition coefficient (Wildman–Crippen LogP) is 3.39.